The van der Waals surface area contributed by atoms with Crippen LogP contribution in [0.2, 0.25) is 0 Å². The summed E-state index contributed by atoms with van der Waals surface area (Å²) in [6.07, 6.45) is 5.76. The minimum absolute atomic E-state index is 0.0525. The maximum absolute atomic E-state index is 13.5. The zero-order chi connectivity index (χ0) is 23.3. The fraction of sp³-hybridized carbons (Fsp3) is 0.407. The number of carbonyl (C=O) groups excluding carboxylic acids is 1. The molecule has 2 unspecified atom stereocenters. The number of benzene rings is 1. The molecule has 4 rings (SSSR count). The number of hydrogen-bond acceptors (Lipinski definition) is 5. The van der Waals surface area contributed by atoms with Crippen LogP contribution < -0.4 is 10.6 Å². The van der Waals surface area contributed by atoms with Crippen LogP contribution in [0, 0.1) is 6.92 Å². The molecule has 1 aliphatic heterocycles. The number of thiophene rings is 1. The van der Waals surface area contributed by atoms with Crippen molar-refractivity contribution in [1.29, 1.82) is 0 Å². The molecule has 0 bridgehead atoms. The van der Waals surface area contributed by atoms with Gasteiger partial charge in [0.25, 0.3) is 0 Å². The lowest BCUT2D eigenvalue weighted by molar-refractivity contribution is -0.122. The Labute approximate surface area is 205 Å². The van der Waals surface area contributed by atoms with Gasteiger partial charge in [0.15, 0.2) is 0 Å². The first kappa shape index (κ1) is 24.0. The zero-order valence-corrected chi connectivity index (χ0v) is 21.2. The number of piperidine rings is 1. The number of aliphatic imine (C=N–C) groups is 1. The molecule has 1 fully saturated rings. The Balaban J connectivity index is 1.56. The fourth-order valence-corrected chi connectivity index (χ4v) is 6.49. The Morgan fingerprint density at radius 2 is 2.15 bits per heavy atom. The minimum atomic E-state index is -0.494. The largest absolute Gasteiger partial charge is 0.341 e. The Hall–Kier alpha value is -2.15. The van der Waals surface area contributed by atoms with Gasteiger partial charge < -0.3 is 10.6 Å². The topological polar surface area (TPSA) is 53.5 Å². The van der Waals surface area contributed by atoms with E-state index in [1.54, 1.807) is 23.1 Å². The van der Waals surface area contributed by atoms with Crippen molar-refractivity contribution in [2.45, 2.75) is 55.2 Å². The average Bonchev–Trinajstić information content (AvgIpc) is 3.36. The molecule has 1 aliphatic carbocycles. The Kier molecular flexibility index (Phi) is 7.89. The standard InChI is InChI=1S/C27H33N3OS2/c1-4-28-14-15-29-23-11-9-21(10-12-23)27(22-13-16-32-18-22)17-20(3)25(26(31)30-27)33-24-8-6-5-7-19(24)2/h5-9,13,16,18,25,28H,3-4,10-12,14-15,17H2,1-2H3,(H,30,31). The second-order valence-electron chi connectivity index (χ2n) is 8.74. The average molecular weight is 480 g/mol. The lowest BCUT2D eigenvalue weighted by Crippen LogP contribution is -2.55. The van der Waals surface area contributed by atoms with Crippen molar-refractivity contribution >= 4 is 34.7 Å². The third-order valence-electron chi connectivity index (χ3n) is 6.48. The molecular weight excluding hydrogens is 446 g/mol. The number of nitrogens with one attached hydrogen (secondary N) is 2. The molecule has 6 heteroatoms. The number of nitrogens with zero attached hydrogens (tertiary/aromatic N) is 1. The van der Waals surface area contributed by atoms with Gasteiger partial charge in [-0.2, -0.15) is 11.3 Å². The van der Waals surface area contributed by atoms with Crippen molar-refractivity contribution in [3.8, 4) is 0 Å². The monoisotopic (exact) mass is 479 g/mol. The van der Waals surface area contributed by atoms with Gasteiger partial charge in [0, 0.05) is 30.0 Å². The molecule has 1 saturated heterocycles. The van der Waals surface area contributed by atoms with Crippen molar-refractivity contribution < 1.29 is 4.79 Å². The third-order valence-corrected chi connectivity index (χ3v) is 8.66. The van der Waals surface area contributed by atoms with Crippen LogP contribution >= 0.6 is 23.1 Å². The van der Waals surface area contributed by atoms with Crippen molar-refractivity contribution in [1.82, 2.24) is 10.6 Å². The normalized spacial score (nSPS) is 24.6. The van der Waals surface area contributed by atoms with E-state index in [4.69, 9.17) is 4.99 Å². The van der Waals surface area contributed by atoms with E-state index in [0.29, 0.717) is 0 Å². The summed E-state index contributed by atoms with van der Waals surface area (Å²) >= 11 is 3.29. The molecule has 1 amide bonds. The lowest BCUT2D eigenvalue weighted by Gasteiger charge is -2.44. The zero-order valence-electron chi connectivity index (χ0n) is 19.5. The first-order valence-electron chi connectivity index (χ1n) is 11.7. The Morgan fingerprint density at radius 3 is 2.82 bits per heavy atom. The van der Waals surface area contributed by atoms with Crippen LogP contribution in [-0.4, -0.2) is 36.5 Å². The highest BCUT2D eigenvalue weighted by atomic mass is 32.2. The molecule has 33 heavy (non-hydrogen) atoms. The van der Waals surface area contributed by atoms with Crippen molar-refractivity contribution in [2.24, 2.45) is 4.99 Å². The predicted molar refractivity (Wildman–Crippen MR) is 142 cm³/mol. The highest BCUT2D eigenvalue weighted by Crippen LogP contribution is 2.46. The van der Waals surface area contributed by atoms with Crippen LogP contribution in [0.1, 0.15) is 43.7 Å². The van der Waals surface area contributed by atoms with Crippen LogP contribution in [0.25, 0.3) is 0 Å². The van der Waals surface area contributed by atoms with Gasteiger partial charge in [0.1, 0.15) is 5.25 Å². The van der Waals surface area contributed by atoms with Crippen LogP contribution in [0.15, 0.2) is 74.8 Å². The number of thioether (sulfide) groups is 1. The summed E-state index contributed by atoms with van der Waals surface area (Å²) < 4.78 is 0. The summed E-state index contributed by atoms with van der Waals surface area (Å²) in [4.78, 5) is 19.4. The summed E-state index contributed by atoms with van der Waals surface area (Å²) in [5, 5.41) is 10.8. The van der Waals surface area contributed by atoms with Gasteiger partial charge in [-0.25, -0.2) is 0 Å². The molecular formula is C27H33N3OS2. The number of carbonyl (C=O) groups is 1. The molecule has 0 spiro atoms. The molecule has 174 valence electrons. The van der Waals surface area contributed by atoms with Crippen LogP contribution in [0.4, 0.5) is 0 Å². The van der Waals surface area contributed by atoms with Gasteiger partial charge in [0.05, 0.1) is 12.1 Å². The predicted octanol–water partition coefficient (Wildman–Crippen LogP) is 5.65. The van der Waals surface area contributed by atoms with E-state index >= 15 is 0 Å². The SMILES string of the molecule is C=C1CC(C2=CCC(=NCCNCC)CC2)(c2ccsc2)NC(=O)C1Sc1ccccc1C. The molecule has 1 aromatic heterocycles. The summed E-state index contributed by atoms with van der Waals surface area (Å²) in [5.74, 6) is 0.0525. The first-order valence-corrected chi connectivity index (χ1v) is 13.5. The third kappa shape index (κ3) is 5.34. The fourth-order valence-electron chi connectivity index (χ4n) is 4.68. The van der Waals surface area contributed by atoms with E-state index in [0.717, 1.165) is 55.8 Å². The first-order chi connectivity index (χ1) is 16.0. The van der Waals surface area contributed by atoms with Crippen molar-refractivity contribution in [3.63, 3.8) is 0 Å². The molecule has 4 nitrogen and oxygen atoms in total. The van der Waals surface area contributed by atoms with Gasteiger partial charge in [-0.1, -0.05) is 43.4 Å². The number of hydrogen-bond donors (Lipinski definition) is 2. The quantitative estimate of drug-likeness (QED) is 0.380. The van der Waals surface area contributed by atoms with E-state index in [-0.39, 0.29) is 11.2 Å². The molecule has 0 radical (unpaired) electrons. The van der Waals surface area contributed by atoms with Gasteiger partial charge in [0.2, 0.25) is 5.91 Å². The number of rotatable bonds is 8. The van der Waals surface area contributed by atoms with Crippen molar-refractivity contribution in [3.05, 3.63) is 76.0 Å². The van der Waals surface area contributed by atoms with E-state index < -0.39 is 5.54 Å². The number of allylic oxidation sites excluding steroid dienone is 1. The Bertz CT molecular complexity index is 1040. The van der Waals surface area contributed by atoms with Crippen molar-refractivity contribution in [2.75, 3.05) is 19.6 Å². The van der Waals surface area contributed by atoms with Crippen LogP contribution in [-0.2, 0) is 10.3 Å². The van der Waals surface area contributed by atoms with Gasteiger partial charge in [-0.3, -0.25) is 9.79 Å². The molecule has 0 saturated carbocycles. The number of likely N-dealkylation sites (N-methyl/N-ethyl adjacent to an activating group) is 1. The van der Waals surface area contributed by atoms with Gasteiger partial charge in [-0.05, 0) is 65.9 Å². The number of amides is 1. The van der Waals surface area contributed by atoms with E-state index in [1.807, 2.05) is 12.1 Å². The molecule has 2 atom stereocenters. The van der Waals surface area contributed by atoms with E-state index in [1.165, 1.54) is 22.4 Å². The highest BCUT2D eigenvalue weighted by Gasteiger charge is 2.46. The lowest BCUT2D eigenvalue weighted by atomic mass is 9.72. The summed E-state index contributed by atoms with van der Waals surface area (Å²) in [6, 6.07) is 10.4. The van der Waals surface area contributed by atoms with Gasteiger partial charge in [-0.15, -0.1) is 11.8 Å². The van der Waals surface area contributed by atoms with Crippen LogP contribution in [0.3, 0.4) is 0 Å². The maximum Gasteiger partial charge on any atom is 0.238 e. The molecule has 2 aliphatic rings. The Morgan fingerprint density at radius 1 is 1.30 bits per heavy atom. The molecule has 2 heterocycles. The van der Waals surface area contributed by atoms with E-state index in [9.17, 15) is 4.79 Å². The molecule has 1 aromatic carbocycles. The molecule has 2 N–H and O–H groups in total. The minimum Gasteiger partial charge on any atom is -0.341 e. The van der Waals surface area contributed by atoms with Crippen LogP contribution in [0.5, 0.6) is 0 Å². The summed E-state index contributed by atoms with van der Waals surface area (Å²) in [6.45, 7) is 11.3. The summed E-state index contributed by atoms with van der Waals surface area (Å²) in [7, 11) is 0. The van der Waals surface area contributed by atoms with Gasteiger partial charge >= 0.3 is 0 Å². The molecule has 2 aromatic rings. The number of aryl methyl sites for hydroxylation is 1. The second kappa shape index (κ2) is 10.9. The second-order valence-corrected chi connectivity index (χ2v) is 10.7. The van der Waals surface area contributed by atoms with E-state index in [2.05, 4.69) is 66.1 Å². The highest BCUT2D eigenvalue weighted by molar-refractivity contribution is 8.00. The smallest absolute Gasteiger partial charge is 0.238 e. The maximum atomic E-state index is 13.5. The summed E-state index contributed by atoms with van der Waals surface area (Å²) in [5.41, 5.74) is 5.40.